The second-order valence-corrected chi connectivity index (χ2v) is 8.33. The van der Waals surface area contributed by atoms with Gasteiger partial charge in [-0.2, -0.15) is 8.78 Å². The molecule has 1 aliphatic rings. The fourth-order valence-corrected chi connectivity index (χ4v) is 4.00. The number of halogens is 2. The molecule has 6 nitrogen and oxygen atoms in total. The van der Waals surface area contributed by atoms with Crippen molar-refractivity contribution in [3.8, 4) is 0 Å². The zero-order valence-corrected chi connectivity index (χ0v) is 15.9. The summed E-state index contributed by atoms with van der Waals surface area (Å²) in [5.41, 5.74) is 0.994. The van der Waals surface area contributed by atoms with Crippen LogP contribution in [0.1, 0.15) is 0 Å². The number of sulfone groups is 1. The molecule has 2 aromatic carbocycles. The normalized spacial score (nSPS) is 15.6. The van der Waals surface area contributed by atoms with Crippen LogP contribution in [0.3, 0.4) is 0 Å². The number of nitrogens with one attached hydrogen (secondary N) is 1. The van der Waals surface area contributed by atoms with Crippen LogP contribution in [0.25, 0.3) is 0 Å². The van der Waals surface area contributed by atoms with Crippen LogP contribution in [0, 0.1) is 0 Å². The minimum atomic E-state index is -4.79. The summed E-state index contributed by atoms with van der Waals surface area (Å²) in [5.74, 6) is -3.98. The zero-order valence-electron chi connectivity index (χ0n) is 15.1. The number of anilines is 2. The predicted octanol–water partition coefficient (Wildman–Crippen LogP) is 2.44. The topological polar surface area (TPSA) is 69.7 Å². The van der Waals surface area contributed by atoms with E-state index in [9.17, 15) is 22.0 Å². The van der Waals surface area contributed by atoms with Crippen molar-refractivity contribution >= 4 is 27.1 Å². The summed E-state index contributed by atoms with van der Waals surface area (Å²) in [6.07, 6.45) is 0. The third kappa shape index (κ3) is 4.66. The molecule has 0 aromatic heterocycles. The van der Waals surface area contributed by atoms with E-state index in [0.717, 1.165) is 24.8 Å². The third-order valence-electron chi connectivity index (χ3n) is 4.56. The zero-order chi connectivity index (χ0) is 20.1. The second kappa shape index (κ2) is 8.66. The number of nitrogens with zero attached hydrogens (tertiary/aromatic N) is 2. The Labute approximate surface area is 162 Å². The molecule has 9 heteroatoms. The quantitative estimate of drug-likeness (QED) is 0.794. The maximum Gasteiger partial charge on any atom is 0.341 e. The Morgan fingerprint density at radius 1 is 0.964 bits per heavy atom. The number of para-hydroxylation sites is 2. The molecule has 1 saturated heterocycles. The smallest absolute Gasteiger partial charge is 0.341 e. The van der Waals surface area contributed by atoms with Crippen molar-refractivity contribution in [2.45, 2.75) is 10.7 Å². The average Bonchev–Trinajstić information content (AvgIpc) is 2.69. The van der Waals surface area contributed by atoms with Gasteiger partial charge in [-0.1, -0.05) is 30.3 Å². The highest BCUT2D eigenvalue weighted by Crippen LogP contribution is 2.26. The van der Waals surface area contributed by atoms with Crippen LogP contribution in [0.15, 0.2) is 59.5 Å². The molecule has 150 valence electrons. The van der Waals surface area contributed by atoms with E-state index in [1.54, 1.807) is 0 Å². The van der Waals surface area contributed by atoms with E-state index >= 15 is 0 Å². The van der Waals surface area contributed by atoms with Crippen molar-refractivity contribution in [2.24, 2.45) is 0 Å². The molecule has 3 rings (SSSR count). The van der Waals surface area contributed by atoms with Crippen LogP contribution in [0.2, 0.25) is 0 Å². The fraction of sp³-hybridized carbons (Fsp3) is 0.316. The number of carbonyl (C=O) groups is 1. The van der Waals surface area contributed by atoms with Crippen LogP contribution in [-0.4, -0.2) is 57.7 Å². The SMILES string of the molecule is O=C(CN1CCN(c2ccccc2)CC1)Nc1ccccc1S(=O)(=O)C(F)F. The van der Waals surface area contributed by atoms with Crippen LogP contribution in [-0.2, 0) is 14.6 Å². The van der Waals surface area contributed by atoms with Crippen molar-refractivity contribution in [1.82, 2.24) is 4.90 Å². The number of hydrogen-bond acceptors (Lipinski definition) is 5. The number of rotatable bonds is 6. The highest BCUT2D eigenvalue weighted by molar-refractivity contribution is 7.91. The van der Waals surface area contributed by atoms with Crippen LogP contribution < -0.4 is 10.2 Å². The van der Waals surface area contributed by atoms with E-state index in [-0.39, 0.29) is 12.2 Å². The molecule has 1 heterocycles. The van der Waals surface area contributed by atoms with Crippen molar-refractivity contribution in [3.63, 3.8) is 0 Å². The van der Waals surface area contributed by atoms with Gasteiger partial charge in [0.05, 0.1) is 17.1 Å². The number of amides is 1. The summed E-state index contributed by atoms with van der Waals surface area (Å²) < 4.78 is 49.3. The summed E-state index contributed by atoms with van der Waals surface area (Å²) >= 11 is 0. The summed E-state index contributed by atoms with van der Waals surface area (Å²) in [6, 6.07) is 15.2. The lowest BCUT2D eigenvalue weighted by atomic mass is 10.2. The number of hydrogen-bond donors (Lipinski definition) is 1. The molecule has 0 aliphatic carbocycles. The van der Waals surface area contributed by atoms with E-state index < -0.39 is 26.4 Å². The molecular formula is C19H21F2N3O3S. The van der Waals surface area contributed by atoms with E-state index in [0.29, 0.717) is 13.1 Å². The highest BCUT2D eigenvalue weighted by atomic mass is 32.2. The van der Waals surface area contributed by atoms with Gasteiger partial charge in [-0.05, 0) is 24.3 Å². The summed E-state index contributed by atoms with van der Waals surface area (Å²) in [5, 5.41) is 2.46. The summed E-state index contributed by atoms with van der Waals surface area (Å²) in [7, 11) is -4.79. The standard InChI is InChI=1S/C19H21F2N3O3S/c20-19(21)28(26,27)17-9-5-4-8-16(17)22-18(25)14-23-10-12-24(13-11-23)15-6-2-1-3-7-15/h1-9,19H,10-14H2,(H,22,25). The van der Waals surface area contributed by atoms with Gasteiger partial charge in [-0.3, -0.25) is 9.69 Å². The second-order valence-electron chi connectivity index (χ2n) is 6.45. The molecule has 1 amide bonds. The van der Waals surface area contributed by atoms with E-state index in [4.69, 9.17) is 0 Å². The molecule has 1 N–H and O–H groups in total. The van der Waals surface area contributed by atoms with Gasteiger partial charge in [0.25, 0.3) is 0 Å². The van der Waals surface area contributed by atoms with Gasteiger partial charge in [-0.25, -0.2) is 8.42 Å². The first-order valence-electron chi connectivity index (χ1n) is 8.81. The first-order valence-corrected chi connectivity index (χ1v) is 10.4. The lowest BCUT2D eigenvalue weighted by molar-refractivity contribution is -0.117. The summed E-state index contributed by atoms with van der Waals surface area (Å²) in [4.78, 5) is 15.9. The fourth-order valence-electron chi connectivity index (χ4n) is 3.11. The van der Waals surface area contributed by atoms with Crippen molar-refractivity contribution < 1.29 is 22.0 Å². The first kappa shape index (κ1) is 20.2. The Hall–Kier alpha value is -2.52. The van der Waals surface area contributed by atoms with Gasteiger partial charge in [-0.15, -0.1) is 0 Å². The van der Waals surface area contributed by atoms with Crippen molar-refractivity contribution in [2.75, 3.05) is 42.9 Å². The minimum Gasteiger partial charge on any atom is -0.369 e. The summed E-state index contributed by atoms with van der Waals surface area (Å²) in [6.45, 7) is 2.91. The third-order valence-corrected chi connectivity index (χ3v) is 6.00. The highest BCUT2D eigenvalue weighted by Gasteiger charge is 2.29. The number of benzene rings is 2. The van der Waals surface area contributed by atoms with Gasteiger partial charge < -0.3 is 10.2 Å². The Kier molecular flexibility index (Phi) is 6.25. The number of alkyl halides is 2. The van der Waals surface area contributed by atoms with Gasteiger partial charge in [0.1, 0.15) is 0 Å². The molecule has 2 aromatic rings. The lowest BCUT2D eigenvalue weighted by Gasteiger charge is -2.35. The molecular weight excluding hydrogens is 388 g/mol. The predicted molar refractivity (Wildman–Crippen MR) is 103 cm³/mol. The Morgan fingerprint density at radius 2 is 1.57 bits per heavy atom. The Bertz CT molecular complexity index is 915. The number of carbonyl (C=O) groups excluding carboxylic acids is 1. The van der Waals surface area contributed by atoms with Crippen molar-refractivity contribution in [1.29, 1.82) is 0 Å². The largest absolute Gasteiger partial charge is 0.369 e. The van der Waals surface area contributed by atoms with Crippen LogP contribution in [0.4, 0.5) is 20.2 Å². The Morgan fingerprint density at radius 3 is 2.21 bits per heavy atom. The molecule has 28 heavy (non-hydrogen) atoms. The number of piperazine rings is 1. The molecule has 0 radical (unpaired) electrons. The van der Waals surface area contributed by atoms with E-state index in [2.05, 4.69) is 10.2 Å². The molecule has 0 bridgehead atoms. The van der Waals surface area contributed by atoms with Crippen LogP contribution in [0.5, 0.6) is 0 Å². The van der Waals surface area contributed by atoms with Gasteiger partial charge in [0.2, 0.25) is 15.7 Å². The van der Waals surface area contributed by atoms with Gasteiger partial charge in [0.15, 0.2) is 0 Å². The van der Waals surface area contributed by atoms with Gasteiger partial charge >= 0.3 is 5.76 Å². The maximum absolute atomic E-state index is 12.9. The molecule has 0 atom stereocenters. The van der Waals surface area contributed by atoms with Gasteiger partial charge in [0, 0.05) is 31.9 Å². The average molecular weight is 409 g/mol. The molecule has 1 aliphatic heterocycles. The van der Waals surface area contributed by atoms with E-state index in [1.807, 2.05) is 35.2 Å². The molecule has 0 saturated carbocycles. The monoisotopic (exact) mass is 409 g/mol. The van der Waals surface area contributed by atoms with Crippen molar-refractivity contribution in [3.05, 3.63) is 54.6 Å². The first-order chi connectivity index (χ1) is 13.4. The molecule has 0 unspecified atom stereocenters. The van der Waals surface area contributed by atoms with E-state index in [1.165, 1.54) is 18.2 Å². The molecule has 0 spiro atoms. The minimum absolute atomic E-state index is 0.0612. The van der Waals surface area contributed by atoms with Crippen LogP contribution >= 0.6 is 0 Å². The maximum atomic E-state index is 12.9. The Balaban J connectivity index is 1.59. The molecule has 1 fully saturated rings. The lowest BCUT2D eigenvalue weighted by Crippen LogP contribution is -2.48.